The van der Waals surface area contributed by atoms with Gasteiger partial charge in [-0.3, -0.25) is 10.1 Å². The normalized spacial score (nSPS) is 12.7. The van der Waals surface area contributed by atoms with Gasteiger partial charge in [0.25, 0.3) is 0 Å². The number of carbonyl (C=O) groups excluding carboxylic acids is 2. The highest BCUT2D eigenvalue weighted by Crippen LogP contribution is 2.38. The number of amides is 3. The molecule has 0 saturated carbocycles. The molecule has 1 aromatic carbocycles. The smallest absolute Gasteiger partial charge is 0.306 e. The van der Waals surface area contributed by atoms with E-state index in [9.17, 15) is 22.8 Å². The van der Waals surface area contributed by atoms with E-state index in [2.05, 4.69) is 0 Å². The summed E-state index contributed by atoms with van der Waals surface area (Å²) in [4.78, 5) is 22.6. The average molecular weight is 329 g/mol. The number of anilines is 1. The quantitative estimate of drug-likeness (QED) is 0.814. The van der Waals surface area contributed by atoms with Gasteiger partial charge in [0.05, 0.1) is 16.3 Å². The van der Waals surface area contributed by atoms with Gasteiger partial charge >= 0.3 is 12.2 Å². The van der Waals surface area contributed by atoms with Crippen LogP contribution in [0.2, 0.25) is 5.02 Å². The molecule has 20 heavy (non-hydrogen) atoms. The third-order valence-electron chi connectivity index (χ3n) is 2.16. The van der Waals surface area contributed by atoms with Gasteiger partial charge in [-0.25, -0.2) is 4.79 Å². The minimum atomic E-state index is -4.70. The van der Waals surface area contributed by atoms with Gasteiger partial charge in [-0.1, -0.05) is 17.7 Å². The van der Waals surface area contributed by atoms with E-state index in [0.717, 1.165) is 12.1 Å². The van der Waals surface area contributed by atoms with Crippen LogP contribution in [0.5, 0.6) is 0 Å². The van der Waals surface area contributed by atoms with Crippen molar-refractivity contribution in [3.63, 3.8) is 0 Å². The van der Waals surface area contributed by atoms with Crippen molar-refractivity contribution in [1.82, 2.24) is 5.32 Å². The number of hydrogen-bond acceptors (Lipinski definition) is 2. The molecule has 0 aromatic heterocycles. The predicted octanol–water partition coefficient (Wildman–Crippen LogP) is 3.63. The fourth-order valence-electron chi connectivity index (χ4n) is 1.24. The Morgan fingerprint density at radius 2 is 1.90 bits per heavy atom. The summed E-state index contributed by atoms with van der Waals surface area (Å²) < 4.78 is 38.3. The molecule has 1 atom stereocenters. The van der Waals surface area contributed by atoms with E-state index in [0.29, 0.717) is 0 Å². The summed E-state index contributed by atoms with van der Waals surface area (Å²) in [7, 11) is 0. The fourth-order valence-corrected chi connectivity index (χ4v) is 1.52. The average Bonchev–Trinajstić information content (AvgIpc) is 2.29. The number of hydrogen-bond donors (Lipinski definition) is 2. The zero-order chi connectivity index (χ0) is 15.5. The molecule has 0 aliphatic carbocycles. The van der Waals surface area contributed by atoms with Crippen LogP contribution in [0.3, 0.4) is 0 Å². The maximum atomic E-state index is 12.8. The highest BCUT2D eigenvalue weighted by Gasteiger charge is 2.34. The third kappa shape index (κ3) is 4.28. The topological polar surface area (TPSA) is 58.2 Å². The number of nitrogens with one attached hydrogen (secondary N) is 2. The molecule has 9 heteroatoms. The van der Waals surface area contributed by atoms with E-state index in [1.807, 2.05) is 5.32 Å². The summed E-state index contributed by atoms with van der Waals surface area (Å²) in [6, 6.07) is 1.88. The highest BCUT2D eigenvalue weighted by atomic mass is 35.5. The molecule has 0 saturated heterocycles. The lowest BCUT2D eigenvalue weighted by molar-refractivity contribution is -0.136. The number of halogens is 5. The van der Waals surface area contributed by atoms with Gasteiger partial charge in [0, 0.05) is 0 Å². The van der Waals surface area contributed by atoms with Gasteiger partial charge in [0.15, 0.2) is 0 Å². The number of rotatable bonds is 2. The molecule has 0 fully saturated rings. The van der Waals surface area contributed by atoms with Crippen LogP contribution in [0.4, 0.5) is 23.7 Å². The van der Waals surface area contributed by atoms with Crippen molar-refractivity contribution < 1.29 is 22.8 Å². The first-order valence-corrected chi connectivity index (χ1v) is 6.06. The van der Waals surface area contributed by atoms with E-state index >= 15 is 0 Å². The van der Waals surface area contributed by atoms with Crippen LogP contribution in [-0.4, -0.2) is 17.3 Å². The minimum absolute atomic E-state index is 0.304. The van der Waals surface area contributed by atoms with Crippen molar-refractivity contribution in [1.29, 1.82) is 0 Å². The third-order valence-corrected chi connectivity index (χ3v) is 2.67. The number of alkyl halides is 4. The molecule has 2 N–H and O–H groups in total. The molecule has 0 radical (unpaired) electrons. The lowest BCUT2D eigenvalue weighted by Gasteiger charge is -2.15. The fraction of sp³-hybridized carbons (Fsp3) is 0.273. The minimum Gasteiger partial charge on any atom is -0.306 e. The maximum Gasteiger partial charge on any atom is 0.418 e. The number of para-hydroxylation sites is 1. The summed E-state index contributed by atoms with van der Waals surface area (Å²) in [6.07, 6.45) is -4.70. The zero-order valence-corrected chi connectivity index (χ0v) is 11.5. The van der Waals surface area contributed by atoms with E-state index in [4.69, 9.17) is 23.2 Å². The largest absolute Gasteiger partial charge is 0.418 e. The Morgan fingerprint density at radius 3 is 2.40 bits per heavy atom. The summed E-state index contributed by atoms with van der Waals surface area (Å²) in [5.74, 6) is -0.843. The molecule has 110 valence electrons. The Labute approximate surface area is 122 Å². The van der Waals surface area contributed by atoms with Crippen molar-refractivity contribution in [3.8, 4) is 0 Å². The maximum absolute atomic E-state index is 12.8. The van der Waals surface area contributed by atoms with Gasteiger partial charge < -0.3 is 5.32 Å². The Morgan fingerprint density at radius 1 is 1.30 bits per heavy atom. The van der Waals surface area contributed by atoms with Crippen LogP contribution in [-0.2, 0) is 11.0 Å². The van der Waals surface area contributed by atoms with Crippen LogP contribution in [0.15, 0.2) is 18.2 Å². The SMILES string of the molecule is CC(Cl)C(=O)NC(=O)Nc1c(Cl)cccc1C(F)(F)F. The Bertz CT molecular complexity index is 533. The van der Waals surface area contributed by atoms with Gasteiger partial charge in [-0.2, -0.15) is 13.2 Å². The second-order valence-electron chi connectivity index (χ2n) is 3.72. The molecular weight excluding hydrogens is 320 g/mol. The van der Waals surface area contributed by atoms with Crippen molar-refractivity contribution in [2.45, 2.75) is 18.5 Å². The summed E-state index contributed by atoms with van der Waals surface area (Å²) in [5, 5.41) is 2.37. The molecule has 0 spiro atoms. The molecule has 0 bridgehead atoms. The van der Waals surface area contributed by atoms with Crippen LogP contribution in [0.1, 0.15) is 12.5 Å². The molecule has 1 unspecified atom stereocenters. The van der Waals surface area contributed by atoms with Crippen molar-refractivity contribution in [2.24, 2.45) is 0 Å². The molecule has 3 amide bonds. The lowest BCUT2D eigenvalue weighted by atomic mass is 10.1. The van der Waals surface area contributed by atoms with Crippen LogP contribution in [0, 0.1) is 0 Å². The monoisotopic (exact) mass is 328 g/mol. The van der Waals surface area contributed by atoms with Gasteiger partial charge in [0.1, 0.15) is 5.38 Å². The van der Waals surface area contributed by atoms with Gasteiger partial charge in [0.2, 0.25) is 5.91 Å². The standard InChI is InChI=1S/C11H9Cl2F3N2O2/c1-5(12)9(19)18-10(20)17-8-6(11(14,15)16)3-2-4-7(8)13/h2-5H,1H3,(H2,17,18,19,20). The van der Waals surface area contributed by atoms with Crippen LogP contribution in [0.25, 0.3) is 0 Å². The van der Waals surface area contributed by atoms with E-state index in [1.54, 1.807) is 5.32 Å². The first-order valence-electron chi connectivity index (χ1n) is 5.24. The van der Waals surface area contributed by atoms with Crippen molar-refractivity contribution >= 4 is 40.8 Å². The molecule has 1 aromatic rings. The van der Waals surface area contributed by atoms with Gasteiger partial charge in [-0.05, 0) is 19.1 Å². The Kier molecular flexibility index (Phi) is 5.24. The van der Waals surface area contributed by atoms with Crippen molar-refractivity contribution in [3.05, 3.63) is 28.8 Å². The van der Waals surface area contributed by atoms with E-state index < -0.39 is 34.7 Å². The zero-order valence-electron chi connectivity index (χ0n) is 10.0. The lowest BCUT2D eigenvalue weighted by Crippen LogP contribution is -2.38. The molecule has 0 heterocycles. The highest BCUT2D eigenvalue weighted by molar-refractivity contribution is 6.34. The molecule has 4 nitrogen and oxygen atoms in total. The predicted molar refractivity (Wildman–Crippen MR) is 68.9 cm³/mol. The molecule has 0 aliphatic heterocycles. The molecular formula is C11H9Cl2F3N2O2. The van der Waals surface area contributed by atoms with Crippen molar-refractivity contribution in [2.75, 3.05) is 5.32 Å². The summed E-state index contributed by atoms with van der Waals surface area (Å²) >= 11 is 11.0. The number of carbonyl (C=O) groups is 2. The number of urea groups is 1. The first kappa shape index (κ1) is 16.6. The second-order valence-corrected chi connectivity index (χ2v) is 4.78. The van der Waals surface area contributed by atoms with Crippen LogP contribution >= 0.6 is 23.2 Å². The second kappa shape index (κ2) is 6.32. The van der Waals surface area contributed by atoms with Crippen LogP contribution < -0.4 is 10.6 Å². The van der Waals surface area contributed by atoms with Gasteiger partial charge in [-0.15, -0.1) is 11.6 Å². The molecule has 0 aliphatic rings. The number of benzene rings is 1. The Hall–Kier alpha value is -1.47. The molecule has 1 rings (SSSR count). The summed E-state index contributed by atoms with van der Waals surface area (Å²) in [6.45, 7) is 1.31. The van der Waals surface area contributed by atoms with E-state index in [1.165, 1.54) is 13.0 Å². The van der Waals surface area contributed by atoms with E-state index in [-0.39, 0.29) is 5.02 Å². The first-order chi connectivity index (χ1) is 9.12. The number of imide groups is 1. The summed E-state index contributed by atoms with van der Waals surface area (Å²) in [5.41, 5.74) is -1.75. The Balaban J connectivity index is 2.98.